The molecule has 2 aromatic rings. The Bertz CT molecular complexity index is 755. The molecule has 0 aromatic heterocycles. The summed E-state index contributed by atoms with van der Waals surface area (Å²) >= 11 is 0. The lowest BCUT2D eigenvalue weighted by Crippen LogP contribution is -2.45. The Kier molecular flexibility index (Phi) is 7.81. The van der Waals surface area contributed by atoms with Crippen molar-refractivity contribution < 1.29 is 9.53 Å². The molecule has 1 heterocycles. The second-order valence-electron chi connectivity index (χ2n) is 7.78. The molecule has 29 heavy (non-hydrogen) atoms. The molecule has 0 radical (unpaired) electrons. The summed E-state index contributed by atoms with van der Waals surface area (Å²) in [7, 11) is 3.89. The lowest BCUT2D eigenvalue weighted by molar-refractivity contribution is -0.126. The molecule has 2 atom stereocenters. The van der Waals surface area contributed by atoms with Crippen molar-refractivity contribution >= 4 is 5.91 Å². The molecule has 3 rings (SSSR count). The summed E-state index contributed by atoms with van der Waals surface area (Å²) < 4.78 is 5.54. The van der Waals surface area contributed by atoms with Crippen LogP contribution in [0.3, 0.4) is 0 Å². The molecular weight excluding hydrogens is 362 g/mol. The number of amides is 1. The van der Waals surface area contributed by atoms with Crippen molar-refractivity contribution in [2.24, 2.45) is 0 Å². The third kappa shape index (κ3) is 5.66. The minimum absolute atomic E-state index is 0.0321. The highest BCUT2D eigenvalue weighted by Gasteiger charge is 2.26. The first-order chi connectivity index (χ1) is 14.1. The Morgan fingerprint density at radius 2 is 1.69 bits per heavy atom. The zero-order valence-electron chi connectivity index (χ0n) is 17.8. The number of morpholine rings is 1. The van der Waals surface area contributed by atoms with Crippen molar-refractivity contribution in [2.75, 3.05) is 46.9 Å². The van der Waals surface area contributed by atoms with Gasteiger partial charge in [-0.25, -0.2) is 0 Å². The summed E-state index contributed by atoms with van der Waals surface area (Å²) in [6, 6.07) is 18.6. The van der Waals surface area contributed by atoms with Gasteiger partial charge < -0.3 is 10.1 Å². The lowest BCUT2D eigenvalue weighted by Gasteiger charge is -2.35. The summed E-state index contributed by atoms with van der Waals surface area (Å²) in [5.74, 6) is 0.0321. The molecule has 0 spiro atoms. The average molecular weight is 396 g/mol. The topological polar surface area (TPSA) is 44.8 Å². The highest BCUT2D eigenvalue weighted by atomic mass is 16.5. The second kappa shape index (κ2) is 10.5. The van der Waals surface area contributed by atoms with E-state index in [4.69, 9.17) is 4.74 Å². The lowest BCUT2D eigenvalue weighted by atomic mass is 10.0. The molecular formula is C24H33N3O2. The first-order valence-electron chi connectivity index (χ1n) is 10.5. The number of carbonyl (C=O) groups excluding carboxylic acids is 1. The van der Waals surface area contributed by atoms with Crippen molar-refractivity contribution in [3.63, 3.8) is 0 Å². The number of nitrogens with zero attached hydrogens (tertiary/aromatic N) is 2. The largest absolute Gasteiger partial charge is 0.379 e. The van der Waals surface area contributed by atoms with Crippen LogP contribution in [0.5, 0.6) is 0 Å². The predicted molar refractivity (Wildman–Crippen MR) is 117 cm³/mol. The molecule has 1 fully saturated rings. The molecule has 0 aliphatic carbocycles. The summed E-state index contributed by atoms with van der Waals surface area (Å²) in [6.45, 7) is 5.99. The Morgan fingerprint density at radius 1 is 1.03 bits per heavy atom. The van der Waals surface area contributed by atoms with Gasteiger partial charge in [-0.3, -0.25) is 14.6 Å². The van der Waals surface area contributed by atoms with E-state index in [-0.39, 0.29) is 18.0 Å². The van der Waals surface area contributed by atoms with Gasteiger partial charge in [0.2, 0.25) is 5.91 Å². The fraction of sp³-hybridized carbons (Fsp3) is 0.458. The summed E-state index contributed by atoms with van der Waals surface area (Å²) in [5, 5.41) is 3.22. The van der Waals surface area contributed by atoms with Crippen LogP contribution in [0.4, 0.5) is 0 Å². The van der Waals surface area contributed by atoms with Crippen LogP contribution in [0.15, 0.2) is 54.6 Å². The summed E-state index contributed by atoms with van der Waals surface area (Å²) in [6.07, 6.45) is 1.03. The van der Waals surface area contributed by atoms with E-state index in [2.05, 4.69) is 41.4 Å². The summed E-state index contributed by atoms with van der Waals surface area (Å²) in [4.78, 5) is 17.5. The fourth-order valence-corrected chi connectivity index (χ4v) is 3.94. The van der Waals surface area contributed by atoms with Crippen LogP contribution in [0, 0.1) is 0 Å². The van der Waals surface area contributed by atoms with Gasteiger partial charge in [0.25, 0.3) is 0 Å². The zero-order valence-corrected chi connectivity index (χ0v) is 17.8. The van der Waals surface area contributed by atoms with Crippen LogP contribution in [0.25, 0.3) is 0 Å². The molecule has 5 heteroatoms. The third-order valence-electron chi connectivity index (χ3n) is 5.61. The predicted octanol–water partition coefficient (Wildman–Crippen LogP) is 3.04. The molecule has 2 aromatic carbocycles. The van der Waals surface area contributed by atoms with Gasteiger partial charge in [0.05, 0.1) is 19.3 Å². The SMILES string of the molecule is CCc1ccc(C(CNC(=O)C(c2ccccc2)N(C)C)N2CCOCC2)cc1. The number of hydrogen-bond acceptors (Lipinski definition) is 4. The number of benzene rings is 2. The first-order valence-corrected chi connectivity index (χ1v) is 10.5. The standard InChI is InChI=1S/C24H33N3O2/c1-4-19-10-12-20(13-11-19)22(27-14-16-29-17-15-27)18-25-24(28)23(26(2)3)21-8-6-5-7-9-21/h5-13,22-23H,4,14-18H2,1-3H3,(H,25,28). The van der Waals surface area contributed by atoms with Crippen molar-refractivity contribution in [1.82, 2.24) is 15.1 Å². The Balaban J connectivity index is 1.75. The molecule has 5 nitrogen and oxygen atoms in total. The molecule has 1 saturated heterocycles. The summed E-state index contributed by atoms with van der Waals surface area (Å²) in [5.41, 5.74) is 3.57. The average Bonchev–Trinajstić information content (AvgIpc) is 2.76. The highest BCUT2D eigenvalue weighted by Crippen LogP contribution is 2.23. The van der Waals surface area contributed by atoms with Crippen LogP contribution in [-0.2, 0) is 16.0 Å². The minimum atomic E-state index is -0.302. The highest BCUT2D eigenvalue weighted by molar-refractivity contribution is 5.83. The molecule has 0 saturated carbocycles. The van der Waals surface area contributed by atoms with E-state index in [1.165, 1.54) is 11.1 Å². The smallest absolute Gasteiger partial charge is 0.242 e. The second-order valence-corrected chi connectivity index (χ2v) is 7.78. The van der Waals surface area contributed by atoms with E-state index in [0.29, 0.717) is 6.54 Å². The molecule has 1 aliphatic heterocycles. The third-order valence-corrected chi connectivity index (χ3v) is 5.61. The van der Waals surface area contributed by atoms with Gasteiger partial charge >= 0.3 is 0 Å². The van der Waals surface area contributed by atoms with Gasteiger partial charge in [-0.15, -0.1) is 0 Å². The number of likely N-dealkylation sites (N-methyl/N-ethyl adjacent to an activating group) is 1. The van der Waals surface area contributed by atoms with Crippen LogP contribution < -0.4 is 5.32 Å². The van der Waals surface area contributed by atoms with Gasteiger partial charge in [0.1, 0.15) is 6.04 Å². The van der Waals surface area contributed by atoms with E-state index in [0.717, 1.165) is 38.3 Å². The minimum Gasteiger partial charge on any atom is -0.379 e. The quantitative estimate of drug-likeness (QED) is 0.746. The molecule has 156 valence electrons. The number of nitrogens with one attached hydrogen (secondary N) is 1. The Hall–Kier alpha value is -2.21. The van der Waals surface area contributed by atoms with Gasteiger partial charge in [-0.1, -0.05) is 61.5 Å². The number of ether oxygens (including phenoxy) is 1. The maximum absolute atomic E-state index is 13.1. The Labute approximate surface area is 174 Å². The van der Waals surface area contributed by atoms with Crippen LogP contribution >= 0.6 is 0 Å². The van der Waals surface area contributed by atoms with E-state index in [1.807, 2.05) is 49.3 Å². The number of rotatable bonds is 8. The fourth-order valence-electron chi connectivity index (χ4n) is 3.94. The van der Waals surface area contributed by atoms with Crippen LogP contribution in [-0.4, -0.2) is 62.7 Å². The van der Waals surface area contributed by atoms with Gasteiger partial charge in [0.15, 0.2) is 0 Å². The van der Waals surface area contributed by atoms with E-state index in [1.54, 1.807) is 0 Å². The van der Waals surface area contributed by atoms with Crippen molar-refractivity contribution in [1.29, 1.82) is 0 Å². The Morgan fingerprint density at radius 3 is 2.28 bits per heavy atom. The van der Waals surface area contributed by atoms with E-state index < -0.39 is 0 Å². The molecule has 0 bridgehead atoms. The van der Waals surface area contributed by atoms with Gasteiger partial charge in [0, 0.05) is 19.6 Å². The molecule has 1 aliphatic rings. The number of hydrogen-bond donors (Lipinski definition) is 1. The zero-order chi connectivity index (χ0) is 20.6. The maximum atomic E-state index is 13.1. The normalized spacial score (nSPS) is 17.1. The van der Waals surface area contributed by atoms with E-state index in [9.17, 15) is 4.79 Å². The molecule has 1 amide bonds. The van der Waals surface area contributed by atoms with Crippen LogP contribution in [0.1, 0.15) is 35.7 Å². The molecule has 1 N–H and O–H groups in total. The maximum Gasteiger partial charge on any atom is 0.242 e. The molecule has 2 unspecified atom stereocenters. The number of carbonyl (C=O) groups is 1. The first kappa shape index (κ1) is 21.5. The van der Waals surface area contributed by atoms with E-state index >= 15 is 0 Å². The van der Waals surface area contributed by atoms with Gasteiger partial charge in [-0.2, -0.15) is 0 Å². The van der Waals surface area contributed by atoms with Crippen molar-refractivity contribution in [3.05, 3.63) is 71.3 Å². The van der Waals surface area contributed by atoms with Crippen molar-refractivity contribution in [3.8, 4) is 0 Å². The van der Waals surface area contributed by atoms with Crippen LogP contribution in [0.2, 0.25) is 0 Å². The van der Waals surface area contributed by atoms with Crippen molar-refractivity contribution in [2.45, 2.75) is 25.4 Å². The van der Waals surface area contributed by atoms with Gasteiger partial charge in [-0.05, 0) is 37.2 Å². The monoisotopic (exact) mass is 395 g/mol. The number of aryl methyl sites for hydroxylation is 1.